The molecular weight excluding hydrogens is 390 g/mol. The Kier molecular flexibility index (Phi) is 5.46. The van der Waals surface area contributed by atoms with E-state index in [9.17, 15) is 4.79 Å². The Labute approximate surface area is 181 Å². The first-order valence-corrected chi connectivity index (χ1v) is 11.0. The van der Waals surface area contributed by atoms with Crippen LogP contribution >= 0.6 is 0 Å². The van der Waals surface area contributed by atoms with Gasteiger partial charge in [0, 0.05) is 29.1 Å². The Balaban J connectivity index is 1.35. The van der Waals surface area contributed by atoms with Crippen molar-refractivity contribution in [2.45, 2.75) is 38.1 Å². The van der Waals surface area contributed by atoms with Gasteiger partial charge in [0.25, 0.3) is 0 Å². The zero-order chi connectivity index (χ0) is 21.2. The highest BCUT2D eigenvalue weighted by Gasteiger charge is 2.25. The number of likely N-dealkylation sites (tertiary alicyclic amines) is 1. The molecule has 31 heavy (non-hydrogen) atoms. The molecule has 1 saturated heterocycles. The van der Waals surface area contributed by atoms with Crippen molar-refractivity contribution in [2.24, 2.45) is 5.92 Å². The summed E-state index contributed by atoms with van der Waals surface area (Å²) in [6.07, 6.45) is 10.5. The summed E-state index contributed by atoms with van der Waals surface area (Å²) in [6, 6.07) is 6.37. The number of rotatable bonds is 5. The average Bonchev–Trinajstić information content (AvgIpc) is 2.74. The third-order valence-electron chi connectivity index (χ3n) is 6.29. The molecule has 1 aliphatic heterocycles. The van der Waals surface area contributed by atoms with Crippen molar-refractivity contribution in [2.75, 3.05) is 30.8 Å². The molecule has 1 amide bonds. The fourth-order valence-corrected chi connectivity index (χ4v) is 4.06. The molecule has 0 bridgehead atoms. The van der Waals surface area contributed by atoms with E-state index in [1.54, 1.807) is 18.6 Å². The average molecular weight is 418 g/mol. The topological polar surface area (TPSA) is 95.9 Å². The van der Waals surface area contributed by atoms with Crippen molar-refractivity contribution < 1.29 is 4.79 Å². The number of fused-ring (bicyclic) bond motifs is 1. The lowest BCUT2D eigenvalue weighted by molar-refractivity contribution is -0.122. The van der Waals surface area contributed by atoms with Gasteiger partial charge in [-0.3, -0.25) is 15.1 Å². The second-order valence-electron chi connectivity index (χ2n) is 8.60. The van der Waals surface area contributed by atoms with E-state index in [1.807, 2.05) is 18.2 Å². The van der Waals surface area contributed by atoms with Crippen LogP contribution in [-0.2, 0) is 4.79 Å². The molecule has 1 aliphatic carbocycles. The van der Waals surface area contributed by atoms with Crippen LogP contribution in [0, 0.1) is 5.92 Å². The SMILES string of the molecule is CN1CCC(Nc2cncc(-c3ccc4cnc(NC(=O)C5CCC5)nc4c3)n2)CC1. The Morgan fingerprint density at radius 3 is 2.68 bits per heavy atom. The first kappa shape index (κ1) is 19.8. The smallest absolute Gasteiger partial charge is 0.229 e. The fraction of sp³-hybridized carbons (Fsp3) is 0.435. The largest absolute Gasteiger partial charge is 0.366 e. The monoisotopic (exact) mass is 417 g/mol. The molecule has 3 heterocycles. The Bertz CT molecular complexity index is 1090. The molecule has 2 aliphatic rings. The zero-order valence-electron chi connectivity index (χ0n) is 17.7. The van der Waals surface area contributed by atoms with Crippen LogP contribution in [0.15, 0.2) is 36.8 Å². The van der Waals surface area contributed by atoms with Crippen molar-refractivity contribution in [3.8, 4) is 11.3 Å². The number of aromatic nitrogens is 4. The molecular formula is C23H27N7O. The molecule has 0 radical (unpaired) electrons. The van der Waals surface area contributed by atoms with Crippen molar-refractivity contribution in [1.82, 2.24) is 24.8 Å². The van der Waals surface area contributed by atoms with Crippen molar-refractivity contribution in [3.05, 3.63) is 36.8 Å². The number of carbonyl (C=O) groups is 1. The molecule has 2 aromatic heterocycles. The maximum absolute atomic E-state index is 12.2. The van der Waals surface area contributed by atoms with Gasteiger partial charge in [0.2, 0.25) is 11.9 Å². The Morgan fingerprint density at radius 1 is 1.06 bits per heavy atom. The quantitative estimate of drug-likeness (QED) is 0.657. The van der Waals surface area contributed by atoms with Gasteiger partial charge in [-0.1, -0.05) is 18.6 Å². The van der Waals surface area contributed by atoms with Crippen LogP contribution in [0.1, 0.15) is 32.1 Å². The fourth-order valence-electron chi connectivity index (χ4n) is 4.06. The number of nitrogens with zero attached hydrogens (tertiary/aromatic N) is 5. The van der Waals surface area contributed by atoms with Crippen LogP contribution in [0.25, 0.3) is 22.2 Å². The highest BCUT2D eigenvalue weighted by Crippen LogP contribution is 2.28. The number of hydrogen-bond donors (Lipinski definition) is 2. The van der Waals surface area contributed by atoms with E-state index in [0.29, 0.717) is 12.0 Å². The van der Waals surface area contributed by atoms with Crippen LogP contribution < -0.4 is 10.6 Å². The minimum absolute atomic E-state index is 0.0142. The number of amides is 1. The molecule has 8 heteroatoms. The maximum Gasteiger partial charge on any atom is 0.229 e. The number of nitrogens with one attached hydrogen (secondary N) is 2. The van der Waals surface area contributed by atoms with E-state index >= 15 is 0 Å². The summed E-state index contributed by atoms with van der Waals surface area (Å²) in [5.41, 5.74) is 2.49. The van der Waals surface area contributed by atoms with Crippen LogP contribution in [0.4, 0.5) is 11.8 Å². The minimum Gasteiger partial charge on any atom is -0.366 e. The normalized spacial score (nSPS) is 18.0. The molecule has 2 fully saturated rings. The summed E-state index contributed by atoms with van der Waals surface area (Å²) in [6.45, 7) is 2.18. The summed E-state index contributed by atoms with van der Waals surface area (Å²) < 4.78 is 0. The molecule has 0 spiro atoms. The number of anilines is 2. The highest BCUT2D eigenvalue weighted by molar-refractivity contribution is 5.92. The lowest BCUT2D eigenvalue weighted by atomic mass is 9.85. The van der Waals surface area contributed by atoms with Gasteiger partial charge >= 0.3 is 0 Å². The maximum atomic E-state index is 12.2. The van der Waals surface area contributed by atoms with Gasteiger partial charge in [0.1, 0.15) is 5.82 Å². The standard InChI is InChI=1S/C23H27N7O/c1-30-9-7-18(8-10-30)26-21-14-24-13-20(27-21)16-5-6-17-12-25-23(28-19(17)11-16)29-22(31)15-3-2-4-15/h5-6,11-15,18H,2-4,7-10H2,1H3,(H,26,27)(H,25,28,29,31). The third kappa shape index (κ3) is 4.49. The van der Waals surface area contributed by atoms with E-state index in [1.165, 1.54) is 0 Å². The van der Waals surface area contributed by atoms with Gasteiger partial charge in [-0.25, -0.2) is 15.0 Å². The number of benzene rings is 1. The van der Waals surface area contributed by atoms with Crippen molar-refractivity contribution in [1.29, 1.82) is 0 Å². The van der Waals surface area contributed by atoms with Crippen LogP contribution in [0.5, 0.6) is 0 Å². The molecule has 8 nitrogen and oxygen atoms in total. The summed E-state index contributed by atoms with van der Waals surface area (Å²) in [4.78, 5) is 32.6. The summed E-state index contributed by atoms with van der Waals surface area (Å²) in [5.74, 6) is 1.26. The van der Waals surface area contributed by atoms with E-state index in [4.69, 9.17) is 4.98 Å². The van der Waals surface area contributed by atoms with E-state index in [2.05, 4.69) is 37.5 Å². The molecule has 160 valence electrons. The number of hydrogen-bond acceptors (Lipinski definition) is 7. The third-order valence-corrected chi connectivity index (χ3v) is 6.29. The predicted octanol–water partition coefficient (Wildman–Crippen LogP) is 3.33. The summed E-state index contributed by atoms with van der Waals surface area (Å²) >= 11 is 0. The summed E-state index contributed by atoms with van der Waals surface area (Å²) in [7, 11) is 2.16. The van der Waals surface area contributed by atoms with Crippen LogP contribution in [0.3, 0.4) is 0 Å². The van der Waals surface area contributed by atoms with Gasteiger partial charge in [-0.05, 0) is 51.9 Å². The zero-order valence-corrected chi connectivity index (χ0v) is 17.7. The minimum atomic E-state index is 0.0142. The molecule has 3 aromatic rings. The highest BCUT2D eigenvalue weighted by atomic mass is 16.2. The first-order chi connectivity index (χ1) is 15.1. The van der Waals surface area contributed by atoms with Crippen molar-refractivity contribution in [3.63, 3.8) is 0 Å². The van der Waals surface area contributed by atoms with Gasteiger partial charge < -0.3 is 10.2 Å². The van der Waals surface area contributed by atoms with Gasteiger partial charge in [0.15, 0.2) is 0 Å². The molecule has 2 N–H and O–H groups in total. The molecule has 5 rings (SSSR count). The Morgan fingerprint density at radius 2 is 1.90 bits per heavy atom. The predicted molar refractivity (Wildman–Crippen MR) is 121 cm³/mol. The second-order valence-corrected chi connectivity index (χ2v) is 8.60. The van der Waals surface area contributed by atoms with Crippen molar-refractivity contribution >= 4 is 28.6 Å². The number of piperidine rings is 1. The Hall–Kier alpha value is -3.13. The summed E-state index contributed by atoms with van der Waals surface area (Å²) in [5, 5.41) is 7.29. The number of carbonyl (C=O) groups excluding carboxylic acids is 1. The van der Waals surface area contributed by atoms with Gasteiger partial charge in [-0.2, -0.15) is 0 Å². The van der Waals surface area contributed by atoms with Crippen LogP contribution in [-0.4, -0.2) is 56.9 Å². The molecule has 0 atom stereocenters. The van der Waals surface area contributed by atoms with Gasteiger partial charge in [0.05, 0.1) is 23.6 Å². The van der Waals surface area contributed by atoms with E-state index in [-0.39, 0.29) is 11.8 Å². The molecule has 0 unspecified atom stereocenters. The van der Waals surface area contributed by atoms with E-state index in [0.717, 1.165) is 73.2 Å². The lowest BCUT2D eigenvalue weighted by Crippen LogP contribution is -2.36. The van der Waals surface area contributed by atoms with Gasteiger partial charge in [-0.15, -0.1) is 0 Å². The molecule has 1 saturated carbocycles. The first-order valence-electron chi connectivity index (χ1n) is 11.0. The van der Waals surface area contributed by atoms with Crippen LogP contribution in [0.2, 0.25) is 0 Å². The van der Waals surface area contributed by atoms with E-state index < -0.39 is 0 Å². The lowest BCUT2D eigenvalue weighted by Gasteiger charge is -2.29. The molecule has 1 aromatic carbocycles. The second kappa shape index (κ2) is 8.55.